The number of rotatable bonds is 9. The van der Waals surface area contributed by atoms with E-state index in [-0.39, 0.29) is 10.5 Å². The summed E-state index contributed by atoms with van der Waals surface area (Å²) in [5.41, 5.74) is -0.204. The molecule has 0 radical (unpaired) electrons. The number of amides is 2. The summed E-state index contributed by atoms with van der Waals surface area (Å²) in [6.45, 7) is 4.12. The Kier molecular flexibility index (Phi) is 12.3. The monoisotopic (exact) mass is 530 g/mol. The van der Waals surface area contributed by atoms with E-state index in [0.29, 0.717) is 19.8 Å². The van der Waals surface area contributed by atoms with Crippen LogP contribution >= 0.6 is 18.4 Å². The van der Waals surface area contributed by atoms with Gasteiger partial charge >= 0.3 is 6.09 Å². The molecule has 14 heteroatoms. The fourth-order valence-corrected chi connectivity index (χ4v) is 7.69. The molecule has 1 unspecified atom stereocenters. The van der Waals surface area contributed by atoms with Crippen molar-refractivity contribution < 1.29 is 27.7 Å². The molecule has 1 rings (SSSR count). The lowest BCUT2D eigenvalue weighted by Crippen LogP contribution is -2.42. The molecule has 0 aromatic carbocycles. The van der Waals surface area contributed by atoms with Crippen LogP contribution in [-0.2, 0) is 41.7 Å². The van der Waals surface area contributed by atoms with Crippen LogP contribution in [-0.4, -0.2) is 81.7 Å². The number of hydrogen-bond donors (Lipinski definition) is 0. The van der Waals surface area contributed by atoms with Crippen LogP contribution in [0.15, 0.2) is 5.16 Å². The fraction of sp³-hybridized carbons (Fsp3) is 0.833. The molecule has 1 aliphatic rings. The minimum Gasteiger partial charge on any atom is -0.343 e. The van der Waals surface area contributed by atoms with Gasteiger partial charge in [-0.05, 0) is 24.5 Å². The third kappa shape index (κ3) is 8.66. The normalized spacial score (nSPS) is 18.8. The highest BCUT2D eigenvalue weighted by molar-refractivity contribution is 8.15. The zero-order valence-electron chi connectivity index (χ0n) is 19.9. The van der Waals surface area contributed by atoms with E-state index in [1.165, 1.54) is 16.0 Å². The third-order valence-corrected chi connectivity index (χ3v) is 10.4. The van der Waals surface area contributed by atoms with Crippen molar-refractivity contribution in [3.8, 4) is 0 Å². The van der Waals surface area contributed by atoms with Gasteiger partial charge in [-0.1, -0.05) is 45.2 Å². The van der Waals surface area contributed by atoms with Crippen LogP contribution in [0.5, 0.6) is 0 Å². The molecular formula is C18H35N4O6PS3. The number of carbonyl (C=O) groups is 2. The summed E-state index contributed by atoms with van der Waals surface area (Å²) >= 11 is 4.68. The quantitative estimate of drug-likeness (QED) is 0.111. The molecule has 32 heavy (non-hydrogen) atoms. The summed E-state index contributed by atoms with van der Waals surface area (Å²) in [6.07, 6.45) is 4.38. The van der Waals surface area contributed by atoms with Crippen molar-refractivity contribution in [1.82, 2.24) is 13.3 Å². The third-order valence-electron chi connectivity index (χ3n) is 4.37. The van der Waals surface area contributed by atoms with Crippen LogP contribution in [0.1, 0.15) is 46.5 Å². The van der Waals surface area contributed by atoms with Crippen molar-refractivity contribution >= 4 is 58.4 Å². The largest absolute Gasteiger partial charge is 0.448 e. The maximum Gasteiger partial charge on any atom is 0.448 e. The minimum absolute atomic E-state index is 0.00706. The Bertz CT molecular complexity index is 751. The molecular weight excluding hydrogens is 495 g/mol. The minimum atomic E-state index is -3.06. The van der Waals surface area contributed by atoms with Crippen molar-refractivity contribution in [2.75, 3.05) is 47.2 Å². The average Bonchev–Trinajstić information content (AvgIpc) is 2.75. The Hall–Kier alpha value is -0.560. The molecule has 1 atom stereocenters. The van der Waals surface area contributed by atoms with Gasteiger partial charge in [0, 0.05) is 33.1 Å². The van der Waals surface area contributed by atoms with Gasteiger partial charge in [-0.2, -0.15) is 0 Å². The summed E-state index contributed by atoms with van der Waals surface area (Å²) in [5.74, 6) is -0.409. The maximum absolute atomic E-state index is 13.3. The second-order valence-corrected chi connectivity index (χ2v) is 14.0. The van der Waals surface area contributed by atoms with Gasteiger partial charge in [0.05, 0.1) is 13.2 Å². The molecule has 0 aromatic heterocycles. The predicted octanol–water partition coefficient (Wildman–Crippen LogP) is 3.58. The number of oxime groups is 1. The van der Waals surface area contributed by atoms with Gasteiger partial charge in [0.1, 0.15) is 0 Å². The standard InChI is InChI=1S/C18H35N4O6PS3/c1-8-9-10-11-12-22(29(30)26-13-18(2,3)14-27-29)32(25)21(6)17(24)28-19-15(31-7)16(23)20(4)5/h8-14H2,1-7H3/b19-15-. The van der Waals surface area contributed by atoms with Crippen molar-refractivity contribution in [2.24, 2.45) is 10.6 Å². The molecule has 1 aliphatic heterocycles. The van der Waals surface area contributed by atoms with Crippen LogP contribution in [0.4, 0.5) is 4.79 Å². The average molecular weight is 531 g/mol. The molecule has 0 N–H and O–H groups in total. The van der Waals surface area contributed by atoms with Gasteiger partial charge in [0.25, 0.3) is 12.5 Å². The molecule has 0 bridgehead atoms. The van der Waals surface area contributed by atoms with Gasteiger partial charge in [-0.25, -0.2) is 13.3 Å². The van der Waals surface area contributed by atoms with Gasteiger partial charge in [-0.15, -0.1) is 15.8 Å². The maximum atomic E-state index is 13.3. The molecule has 0 aliphatic carbocycles. The highest BCUT2D eigenvalue weighted by Gasteiger charge is 2.42. The van der Waals surface area contributed by atoms with Crippen LogP contribution in [0, 0.1) is 5.41 Å². The lowest BCUT2D eigenvalue weighted by Gasteiger charge is -2.41. The van der Waals surface area contributed by atoms with E-state index in [2.05, 4.69) is 12.1 Å². The number of nitrogens with zero attached hydrogens (tertiary/aromatic N) is 4. The Morgan fingerprint density at radius 3 is 2.28 bits per heavy atom. The van der Waals surface area contributed by atoms with E-state index in [1.807, 2.05) is 13.8 Å². The molecule has 186 valence electrons. The van der Waals surface area contributed by atoms with Crippen molar-refractivity contribution in [3.05, 3.63) is 0 Å². The summed E-state index contributed by atoms with van der Waals surface area (Å²) < 4.78 is 27.4. The van der Waals surface area contributed by atoms with Crippen LogP contribution in [0.2, 0.25) is 0 Å². The Morgan fingerprint density at radius 2 is 1.78 bits per heavy atom. The highest BCUT2D eigenvalue weighted by Crippen LogP contribution is 2.58. The van der Waals surface area contributed by atoms with E-state index < -0.39 is 29.8 Å². The predicted molar refractivity (Wildman–Crippen MR) is 133 cm³/mol. The number of carbonyl (C=O) groups excluding carboxylic acids is 2. The number of thioether (sulfide) groups is 1. The topological polar surface area (TPSA) is 101 Å². The molecule has 0 aromatic rings. The lowest BCUT2D eigenvalue weighted by molar-refractivity contribution is -0.121. The number of hydrogen-bond acceptors (Lipinski definition) is 9. The molecule has 2 amide bonds. The first-order valence-electron chi connectivity index (χ1n) is 10.3. The lowest BCUT2D eigenvalue weighted by atomic mass is 9.97. The summed E-state index contributed by atoms with van der Waals surface area (Å²) in [4.78, 5) is 30.7. The highest BCUT2D eigenvalue weighted by atomic mass is 32.5. The van der Waals surface area contributed by atoms with Crippen LogP contribution in [0.3, 0.4) is 0 Å². The van der Waals surface area contributed by atoms with E-state index in [0.717, 1.165) is 41.8 Å². The molecule has 1 heterocycles. The van der Waals surface area contributed by atoms with E-state index in [1.54, 1.807) is 20.4 Å². The van der Waals surface area contributed by atoms with E-state index >= 15 is 0 Å². The van der Waals surface area contributed by atoms with Crippen molar-refractivity contribution in [1.29, 1.82) is 0 Å². The molecule has 10 nitrogen and oxygen atoms in total. The Labute approximate surface area is 203 Å². The fourth-order valence-electron chi connectivity index (χ4n) is 2.38. The van der Waals surface area contributed by atoms with Gasteiger partial charge < -0.3 is 13.9 Å². The Morgan fingerprint density at radius 1 is 1.19 bits per heavy atom. The molecule has 1 saturated heterocycles. The van der Waals surface area contributed by atoms with Crippen LogP contribution < -0.4 is 0 Å². The summed E-state index contributed by atoms with van der Waals surface area (Å²) in [7, 11) is 4.44. The number of unbranched alkanes of at least 4 members (excludes halogenated alkanes) is 3. The molecule has 0 spiro atoms. The Balaban J connectivity index is 2.98. The van der Waals surface area contributed by atoms with E-state index in [9.17, 15) is 13.8 Å². The van der Waals surface area contributed by atoms with E-state index in [4.69, 9.17) is 25.7 Å². The van der Waals surface area contributed by atoms with Gasteiger partial charge in [-0.3, -0.25) is 9.63 Å². The molecule has 0 saturated carbocycles. The molecule has 1 fully saturated rings. The first kappa shape index (κ1) is 29.5. The summed E-state index contributed by atoms with van der Waals surface area (Å²) in [5, 5.41) is 3.62. The summed E-state index contributed by atoms with van der Waals surface area (Å²) in [6, 6.07) is 0. The smallest absolute Gasteiger partial charge is 0.343 e. The first-order valence-corrected chi connectivity index (χ1v) is 15.1. The second-order valence-electron chi connectivity index (χ2n) is 8.20. The van der Waals surface area contributed by atoms with Gasteiger partial charge in [0.15, 0.2) is 0 Å². The SMILES string of the molecule is CCCCCCN(S(=O)N(C)C(=O)O/N=C(\SC)C(=O)N(C)C)P1(=S)OCC(C)(C)CO1. The van der Waals surface area contributed by atoms with Crippen molar-refractivity contribution in [2.45, 2.75) is 46.5 Å². The van der Waals surface area contributed by atoms with Gasteiger partial charge in [0.2, 0.25) is 16.2 Å². The second kappa shape index (κ2) is 13.4. The van der Waals surface area contributed by atoms with Crippen molar-refractivity contribution in [3.63, 3.8) is 0 Å². The first-order chi connectivity index (χ1) is 14.9. The van der Waals surface area contributed by atoms with Crippen LogP contribution in [0.25, 0.3) is 0 Å². The zero-order chi connectivity index (χ0) is 24.5. The zero-order valence-corrected chi connectivity index (χ0v) is 23.2.